The van der Waals surface area contributed by atoms with Crippen molar-refractivity contribution in [3.63, 3.8) is 0 Å². The molecule has 2 bridgehead atoms. The predicted molar refractivity (Wildman–Crippen MR) is 104 cm³/mol. The normalized spacial score (nSPS) is 19.3. The first-order valence-corrected chi connectivity index (χ1v) is 9.96. The highest BCUT2D eigenvalue weighted by Gasteiger charge is 2.49. The summed E-state index contributed by atoms with van der Waals surface area (Å²) in [6.07, 6.45) is 0.327. The number of nitrogens with zero attached hydrogens (tertiary/aromatic N) is 2. The smallest absolute Gasteiger partial charge is 0.274 e. The lowest BCUT2D eigenvalue weighted by atomic mass is 10.0. The van der Waals surface area contributed by atoms with Gasteiger partial charge in [0.15, 0.2) is 11.4 Å². The zero-order valence-electron chi connectivity index (χ0n) is 16.3. The molecule has 2 aliphatic heterocycles. The minimum absolute atomic E-state index is 0.0356. The van der Waals surface area contributed by atoms with E-state index in [2.05, 4.69) is 5.32 Å². The maximum atomic E-state index is 14.7. The summed E-state index contributed by atoms with van der Waals surface area (Å²) in [5.41, 5.74) is -2.74. The number of alkyl halides is 2. The molecule has 0 saturated carbocycles. The average molecular weight is 474 g/mol. The lowest BCUT2D eigenvalue weighted by molar-refractivity contribution is -0.0597. The van der Waals surface area contributed by atoms with Crippen molar-refractivity contribution in [1.82, 2.24) is 14.8 Å². The number of hydrogen-bond acceptors (Lipinski definition) is 4. The maximum absolute atomic E-state index is 14.7. The minimum Gasteiger partial charge on any atom is -0.503 e. The molecule has 4 rings (SSSR count). The summed E-state index contributed by atoms with van der Waals surface area (Å²) in [5, 5.41) is 11.8. The Morgan fingerprint density at radius 3 is 2.72 bits per heavy atom. The van der Waals surface area contributed by atoms with Gasteiger partial charge in [-0.2, -0.15) is 0 Å². The van der Waals surface area contributed by atoms with Gasteiger partial charge in [0.25, 0.3) is 17.7 Å². The Morgan fingerprint density at radius 2 is 2.00 bits per heavy atom. The van der Waals surface area contributed by atoms with Crippen LogP contribution in [-0.2, 0) is 6.54 Å². The van der Waals surface area contributed by atoms with Crippen molar-refractivity contribution in [2.24, 2.45) is 0 Å². The predicted octanol–water partition coefficient (Wildman–Crippen LogP) is 2.84. The van der Waals surface area contributed by atoms with Gasteiger partial charge in [0, 0.05) is 37.8 Å². The molecule has 7 nitrogen and oxygen atoms in total. The first-order valence-electron chi connectivity index (χ1n) is 9.58. The molecule has 0 aliphatic carbocycles. The van der Waals surface area contributed by atoms with Crippen LogP contribution in [0.25, 0.3) is 0 Å². The zero-order valence-corrected chi connectivity index (χ0v) is 17.1. The van der Waals surface area contributed by atoms with E-state index < -0.39 is 75.8 Å². The monoisotopic (exact) mass is 473 g/mol. The lowest BCUT2D eigenvalue weighted by Gasteiger charge is -2.37. The molecule has 0 radical (unpaired) electrons. The number of amides is 2. The number of carbonyl (C=O) groups is 2. The third-order valence-corrected chi connectivity index (χ3v) is 6.00. The fourth-order valence-electron chi connectivity index (χ4n) is 3.94. The summed E-state index contributed by atoms with van der Waals surface area (Å²) in [7, 11) is 0. The Bertz CT molecular complexity index is 1200. The highest BCUT2D eigenvalue weighted by molar-refractivity contribution is 6.30. The quantitative estimate of drug-likeness (QED) is 0.530. The first-order chi connectivity index (χ1) is 15.0. The summed E-state index contributed by atoms with van der Waals surface area (Å²) >= 11 is 5.49. The van der Waals surface area contributed by atoms with Gasteiger partial charge in [0.05, 0.1) is 0 Å². The third kappa shape index (κ3) is 3.50. The summed E-state index contributed by atoms with van der Waals surface area (Å²) < 4.78 is 57.5. The molecule has 2 aliphatic rings. The Morgan fingerprint density at radius 1 is 1.28 bits per heavy atom. The summed E-state index contributed by atoms with van der Waals surface area (Å²) in [5.74, 6) is -8.38. The number of benzene rings is 1. The molecular weight excluding hydrogens is 458 g/mol. The van der Waals surface area contributed by atoms with Crippen molar-refractivity contribution < 1.29 is 32.3 Å². The van der Waals surface area contributed by atoms with Gasteiger partial charge < -0.3 is 19.9 Å². The molecule has 2 amide bonds. The van der Waals surface area contributed by atoms with E-state index in [4.69, 9.17) is 11.6 Å². The molecule has 2 N–H and O–H groups in total. The van der Waals surface area contributed by atoms with Crippen molar-refractivity contribution in [2.75, 3.05) is 13.1 Å². The molecule has 1 fully saturated rings. The minimum atomic E-state index is -3.26. The molecule has 1 saturated heterocycles. The van der Waals surface area contributed by atoms with Crippen LogP contribution in [0, 0.1) is 11.6 Å². The molecule has 3 heterocycles. The van der Waals surface area contributed by atoms with Gasteiger partial charge in [-0.05, 0) is 12.5 Å². The molecule has 1 aromatic heterocycles. The molecule has 0 spiro atoms. The number of rotatable bonds is 3. The fourth-order valence-corrected chi connectivity index (χ4v) is 4.13. The number of carbonyl (C=O) groups excluding carboxylic acids is 2. The molecule has 1 aromatic carbocycles. The van der Waals surface area contributed by atoms with E-state index in [1.54, 1.807) is 0 Å². The highest BCUT2D eigenvalue weighted by atomic mass is 35.5. The van der Waals surface area contributed by atoms with Crippen LogP contribution in [0.15, 0.2) is 23.1 Å². The number of fused-ring (bicyclic) bond motifs is 4. The van der Waals surface area contributed by atoms with Crippen molar-refractivity contribution in [3.8, 4) is 5.75 Å². The number of aromatic nitrogens is 1. The van der Waals surface area contributed by atoms with Gasteiger partial charge in [-0.15, -0.1) is 0 Å². The van der Waals surface area contributed by atoms with Crippen LogP contribution in [0.3, 0.4) is 0 Å². The van der Waals surface area contributed by atoms with Gasteiger partial charge in [-0.25, -0.2) is 17.6 Å². The van der Waals surface area contributed by atoms with E-state index in [1.807, 2.05) is 0 Å². The standard InChI is InChI=1S/C20H16ClF4N3O4/c21-13-11(22)3-2-9(14(13)23)6-26-18(31)10-7-28-12-8-27(5-1-4-20(12,24)25)19(32)15(28)17(30)16(10)29/h2-3,7,12,30H,1,4-6,8H2,(H,26,31). The summed E-state index contributed by atoms with van der Waals surface area (Å²) in [6, 6.07) is 0.342. The summed E-state index contributed by atoms with van der Waals surface area (Å²) in [4.78, 5) is 38.9. The number of pyridine rings is 1. The van der Waals surface area contributed by atoms with Crippen molar-refractivity contribution in [1.29, 1.82) is 0 Å². The van der Waals surface area contributed by atoms with Crippen LogP contribution in [0.4, 0.5) is 17.6 Å². The fraction of sp³-hybridized carbons (Fsp3) is 0.350. The second-order valence-corrected chi connectivity index (χ2v) is 8.00. The van der Waals surface area contributed by atoms with Crippen molar-refractivity contribution in [2.45, 2.75) is 31.4 Å². The van der Waals surface area contributed by atoms with Crippen LogP contribution in [-0.4, -0.2) is 45.4 Å². The number of halogens is 5. The van der Waals surface area contributed by atoms with Gasteiger partial charge in [-0.1, -0.05) is 17.7 Å². The Kier molecular flexibility index (Phi) is 5.40. The zero-order chi connectivity index (χ0) is 23.4. The molecule has 1 atom stereocenters. The van der Waals surface area contributed by atoms with E-state index >= 15 is 0 Å². The molecule has 32 heavy (non-hydrogen) atoms. The van der Waals surface area contributed by atoms with Crippen LogP contribution in [0.2, 0.25) is 5.02 Å². The maximum Gasteiger partial charge on any atom is 0.274 e. The van der Waals surface area contributed by atoms with Crippen LogP contribution < -0.4 is 10.7 Å². The van der Waals surface area contributed by atoms with Crippen molar-refractivity contribution in [3.05, 3.63) is 62.0 Å². The summed E-state index contributed by atoms with van der Waals surface area (Å²) in [6.45, 7) is -0.799. The van der Waals surface area contributed by atoms with E-state index in [1.165, 1.54) is 0 Å². The van der Waals surface area contributed by atoms with Gasteiger partial charge in [0.1, 0.15) is 28.3 Å². The second-order valence-electron chi connectivity index (χ2n) is 7.63. The molecular formula is C20H16ClF4N3O4. The molecule has 1 unspecified atom stereocenters. The highest BCUT2D eigenvalue weighted by Crippen LogP contribution is 2.41. The number of hydrogen-bond donors (Lipinski definition) is 2. The molecule has 170 valence electrons. The SMILES string of the molecule is O=C(NCc1ccc(F)c(Cl)c1F)c1cn2c(c(O)c1=O)C(=O)N1CCCC(F)(F)C2C1. The van der Waals surface area contributed by atoms with E-state index in [0.717, 1.165) is 27.8 Å². The molecule has 12 heteroatoms. The number of nitrogens with one attached hydrogen (secondary N) is 1. The van der Waals surface area contributed by atoms with Crippen LogP contribution in [0.1, 0.15) is 45.3 Å². The number of aromatic hydroxyl groups is 1. The van der Waals surface area contributed by atoms with Gasteiger partial charge in [-0.3, -0.25) is 14.4 Å². The Labute approximate surface area is 183 Å². The van der Waals surface area contributed by atoms with E-state index in [-0.39, 0.29) is 25.1 Å². The molecule has 2 aromatic rings. The Balaban J connectivity index is 1.71. The third-order valence-electron chi connectivity index (χ3n) is 5.65. The van der Waals surface area contributed by atoms with Gasteiger partial charge in [0.2, 0.25) is 5.43 Å². The Hall–Kier alpha value is -3.08. The van der Waals surface area contributed by atoms with Crippen LogP contribution in [0.5, 0.6) is 5.75 Å². The average Bonchev–Trinajstić information content (AvgIpc) is 2.88. The first kappa shape index (κ1) is 22.1. The lowest BCUT2D eigenvalue weighted by Crippen LogP contribution is -2.48. The van der Waals surface area contributed by atoms with Gasteiger partial charge >= 0.3 is 0 Å². The second kappa shape index (κ2) is 7.80. The van der Waals surface area contributed by atoms with E-state index in [0.29, 0.717) is 0 Å². The van der Waals surface area contributed by atoms with Crippen LogP contribution >= 0.6 is 11.6 Å². The van der Waals surface area contributed by atoms with Crippen molar-refractivity contribution >= 4 is 23.4 Å². The van der Waals surface area contributed by atoms with E-state index in [9.17, 15) is 37.1 Å². The largest absolute Gasteiger partial charge is 0.503 e. The topological polar surface area (TPSA) is 91.6 Å².